The van der Waals surface area contributed by atoms with Gasteiger partial charge in [-0.3, -0.25) is 0 Å². The molecule has 0 unspecified atom stereocenters. The number of hydrogen-bond donors (Lipinski definition) is 1. The van der Waals surface area contributed by atoms with Crippen molar-refractivity contribution in [3.05, 3.63) is 0 Å². The van der Waals surface area contributed by atoms with Crippen molar-refractivity contribution < 1.29 is 31.3 Å². The topological polar surface area (TPSA) is 29.5 Å². The molecule has 0 fully saturated rings. The first kappa shape index (κ1) is 26.6. The van der Waals surface area contributed by atoms with Crippen LogP contribution >= 0.6 is 0 Å². The van der Waals surface area contributed by atoms with E-state index in [-0.39, 0.29) is 23.6 Å². The Hall–Kier alpha value is 0.360. The zero-order valence-electron chi connectivity index (χ0n) is 16.7. The van der Waals surface area contributed by atoms with E-state index in [0.29, 0.717) is 6.61 Å². The molecule has 0 aromatic rings. The first-order valence-electron chi connectivity index (χ1n) is 10.1. The van der Waals surface area contributed by atoms with Gasteiger partial charge in [-0.05, 0) is 12.8 Å². The molecule has 0 radical (unpaired) electrons. The average Bonchev–Trinajstić information content (AvgIpc) is 2.52. The molecule has 24 heavy (non-hydrogen) atoms. The van der Waals surface area contributed by atoms with Crippen LogP contribution in [0.2, 0.25) is 0 Å². The van der Waals surface area contributed by atoms with Crippen LogP contribution in [0.5, 0.6) is 0 Å². The summed E-state index contributed by atoms with van der Waals surface area (Å²) >= 11 is 0. The number of quaternary nitrogens is 1. The molecule has 0 rings (SSSR count). The quantitative estimate of drug-likeness (QED) is 0.276. The number of aliphatic hydroxyl groups is 1. The van der Waals surface area contributed by atoms with Gasteiger partial charge in [-0.25, -0.2) is 0 Å². The van der Waals surface area contributed by atoms with E-state index < -0.39 is 0 Å². The number of unbranched alkanes of at least 4 members (excludes halogenated alkanes) is 11. The second kappa shape index (κ2) is 19.7. The second-order valence-electron chi connectivity index (χ2n) is 7.61. The summed E-state index contributed by atoms with van der Waals surface area (Å²) in [6.07, 6.45) is 16.9. The van der Waals surface area contributed by atoms with E-state index in [4.69, 9.17) is 9.84 Å². The van der Waals surface area contributed by atoms with E-state index in [9.17, 15) is 0 Å². The van der Waals surface area contributed by atoms with Crippen molar-refractivity contribution in [1.29, 1.82) is 0 Å². The monoisotopic (exact) mass is 409 g/mol. The van der Waals surface area contributed by atoms with Gasteiger partial charge in [0.2, 0.25) is 0 Å². The molecule has 0 bridgehead atoms. The van der Waals surface area contributed by atoms with Gasteiger partial charge in [0, 0.05) is 0 Å². The molecule has 0 amide bonds. The third-order valence-corrected chi connectivity index (χ3v) is 4.69. The van der Waals surface area contributed by atoms with Crippen LogP contribution in [-0.4, -0.2) is 56.6 Å². The first-order chi connectivity index (χ1) is 11.1. The third kappa shape index (κ3) is 20.4. The Morgan fingerprint density at radius 2 is 1.12 bits per heavy atom. The van der Waals surface area contributed by atoms with E-state index in [1.807, 2.05) is 0 Å². The minimum absolute atomic E-state index is 0. The molecule has 148 valence electrons. The Labute approximate surface area is 162 Å². The molecular weight excluding hydrogens is 366 g/mol. The van der Waals surface area contributed by atoms with Gasteiger partial charge in [0.1, 0.15) is 6.54 Å². The molecule has 0 aromatic carbocycles. The van der Waals surface area contributed by atoms with E-state index in [2.05, 4.69) is 21.0 Å². The molecule has 0 aromatic heterocycles. The number of aliphatic hydroxyl groups excluding tert-OH is 1. The fourth-order valence-corrected chi connectivity index (χ4v) is 2.97. The van der Waals surface area contributed by atoms with Gasteiger partial charge in [-0.15, -0.1) is 0 Å². The Bertz CT molecular complexity index is 238. The highest BCUT2D eigenvalue weighted by molar-refractivity contribution is 4.48. The van der Waals surface area contributed by atoms with Crippen molar-refractivity contribution in [2.75, 3.05) is 47.0 Å². The summed E-state index contributed by atoms with van der Waals surface area (Å²) in [5.41, 5.74) is 0. The molecule has 0 heterocycles. The predicted molar refractivity (Wildman–Crippen MR) is 101 cm³/mol. The number of halogens is 1. The van der Waals surface area contributed by atoms with Crippen LogP contribution in [0.3, 0.4) is 0 Å². The third-order valence-electron chi connectivity index (χ3n) is 4.69. The fraction of sp³-hybridized carbons (Fsp3) is 1.00. The molecule has 0 aliphatic rings. The van der Waals surface area contributed by atoms with Crippen molar-refractivity contribution in [2.24, 2.45) is 0 Å². The van der Waals surface area contributed by atoms with Gasteiger partial charge >= 0.3 is 0 Å². The SMILES string of the molecule is CCCCCCCCCCCCCC[N+](C)(C)CCOCCO.[Br-]. The highest BCUT2D eigenvalue weighted by Crippen LogP contribution is 2.12. The van der Waals surface area contributed by atoms with E-state index in [1.54, 1.807) is 0 Å². The second-order valence-corrected chi connectivity index (χ2v) is 7.61. The van der Waals surface area contributed by atoms with Crippen molar-refractivity contribution in [2.45, 2.75) is 84.0 Å². The van der Waals surface area contributed by atoms with Crippen LogP contribution in [0, 0.1) is 0 Å². The molecule has 4 heteroatoms. The lowest BCUT2D eigenvalue weighted by molar-refractivity contribution is -0.891. The van der Waals surface area contributed by atoms with Crippen LogP contribution in [0.1, 0.15) is 84.0 Å². The fourth-order valence-electron chi connectivity index (χ4n) is 2.97. The number of rotatable bonds is 18. The van der Waals surface area contributed by atoms with Gasteiger partial charge in [-0.2, -0.15) is 0 Å². The van der Waals surface area contributed by atoms with Crippen LogP contribution in [0.4, 0.5) is 0 Å². The summed E-state index contributed by atoms with van der Waals surface area (Å²) in [7, 11) is 4.56. The molecule has 0 aliphatic carbocycles. The maximum atomic E-state index is 8.69. The Kier molecular flexibility index (Phi) is 21.8. The van der Waals surface area contributed by atoms with E-state index >= 15 is 0 Å². The first-order valence-corrected chi connectivity index (χ1v) is 10.1. The molecule has 3 nitrogen and oxygen atoms in total. The summed E-state index contributed by atoms with van der Waals surface area (Å²) < 4.78 is 6.40. The summed E-state index contributed by atoms with van der Waals surface area (Å²) in [6, 6.07) is 0. The lowest BCUT2D eigenvalue weighted by Gasteiger charge is -2.29. The molecular formula is C20H44BrNO2. The molecule has 0 spiro atoms. The number of nitrogens with zero attached hydrogens (tertiary/aromatic N) is 1. The molecule has 0 saturated heterocycles. The maximum absolute atomic E-state index is 8.69. The summed E-state index contributed by atoms with van der Waals surface area (Å²) in [4.78, 5) is 0. The number of likely N-dealkylation sites (N-methyl/N-ethyl adjacent to an activating group) is 1. The summed E-state index contributed by atoms with van der Waals surface area (Å²) in [5.74, 6) is 0. The number of ether oxygens (including phenoxy) is 1. The molecule has 0 saturated carbocycles. The summed E-state index contributed by atoms with van der Waals surface area (Å²) in [6.45, 7) is 5.92. The van der Waals surface area contributed by atoms with Crippen molar-refractivity contribution in [3.8, 4) is 0 Å². The minimum atomic E-state index is 0. The van der Waals surface area contributed by atoms with Gasteiger partial charge in [0.15, 0.2) is 0 Å². The van der Waals surface area contributed by atoms with E-state index in [0.717, 1.165) is 17.6 Å². The van der Waals surface area contributed by atoms with Crippen LogP contribution in [-0.2, 0) is 4.74 Å². The average molecular weight is 410 g/mol. The van der Waals surface area contributed by atoms with Gasteiger partial charge in [0.25, 0.3) is 0 Å². The summed E-state index contributed by atoms with van der Waals surface area (Å²) in [5, 5.41) is 8.69. The lowest BCUT2D eigenvalue weighted by atomic mass is 10.1. The molecule has 1 N–H and O–H groups in total. The standard InChI is InChI=1S/C20H44NO2.BrH/c1-4-5-6-7-8-9-10-11-12-13-14-15-16-21(2,3)17-19-23-20-18-22;/h22H,4-20H2,1-3H3;1H/q+1;/p-1. The van der Waals surface area contributed by atoms with Crippen LogP contribution in [0.15, 0.2) is 0 Å². The van der Waals surface area contributed by atoms with Gasteiger partial charge in [-0.1, -0.05) is 71.1 Å². The zero-order chi connectivity index (χ0) is 17.2. The van der Waals surface area contributed by atoms with Gasteiger partial charge in [0.05, 0.1) is 40.5 Å². The highest BCUT2D eigenvalue weighted by atomic mass is 79.9. The Balaban J connectivity index is 0. The highest BCUT2D eigenvalue weighted by Gasteiger charge is 2.13. The van der Waals surface area contributed by atoms with Crippen LogP contribution < -0.4 is 17.0 Å². The van der Waals surface area contributed by atoms with Gasteiger partial charge < -0.3 is 31.3 Å². The largest absolute Gasteiger partial charge is 1.00 e. The van der Waals surface area contributed by atoms with Crippen molar-refractivity contribution in [3.63, 3.8) is 0 Å². The van der Waals surface area contributed by atoms with E-state index in [1.165, 1.54) is 83.6 Å². The smallest absolute Gasteiger partial charge is 0.102 e. The minimum Gasteiger partial charge on any atom is -1.00 e. The molecule has 0 aliphatic heterocycles. The number of hydrogen-bond acceptors (Lipinski definition) is 2. The Morgan fingerprint density at radius 3 is 1.58 bits per heavy atom. The lowest BCUT2D eigenvalue weighted by Crippen LogP contribution is -3.00. The van der Waals surface area contributed by atoms with Crippen molar-refractivity contribution in [1.82, 2.24) is 0 Å². The Morgan fingerprint density at radius 1 is 0.667 bits per heavy atom. The van der Waals surface area contributed by atoms with Crippen LogP contribution in [0.25, 0.3) is 0 Å². The zero-order valence-corrected chi connectivity index (χ0v) is 18.3. The maximum Gasteiger partial charge on any atom is 0.102 e. The van der Waals surface area contributed by atoms with Crippen molar-refractivity contribution >= 4 is 0 Å². The normalized spacial score (nSPS) is 11.5. The predicted octanol–water partition coefficient (Wildman–Crippen LogP) is 1.78. The molecule has 0 atom stereocenters.